The lowest BCUT2D eigenvalue weighted by Crippen LogP contribution is -2.08. The van der Waals surface area contributed by atoms with Gasteiger partial charge in [-0.25, -0.2) is 0 Å². The van der Waals surface area contributed by atoms with Crippen LogP contribution in [-0.2, 0) is 6.54 Å². The van der Waals surface area contributed by atoms with Gasteiger partial charge in [0.1, 0.15) is 0 Å². The maximum absolute atomic E-state index is 5.67. The van der Waals surface area contributed by atoms with Crippen LogP contribution < -0.4 is 5.73 Å². The molecule has 1 atom stereocenters. The zero-order chi connectivity index (χ0) is 13.9. The van der Waals surface area contributed by atoms with Gasteiger partial charge in [0.05, 0.1) is 6.04 Å². The molecule has 2 nitrogen and oxygen atoms in total. The summed E-state index contributed by atoms with van der Waals surface area (Å²) in [6.07, 6.45) is 3.26. The van der Waals surface area contributed by atoms with Gasteiger partial charge in [0.2, 0.25) is 0 Å². The number of hydrogen-bond acceptors (Lipinski definition) is 1. The molecule has 3 rings (SSSR count). The summed E-state index contributed by atoms with van der Waals surface area (Å²) in [6.45, 7) is 2.83. The van der Waals surface area contributed by atoms with E-state index in [1.165, 1.54) is 22.0 Å². The number of hydrogen-bond donors (Lipinski definition) is 1. The van der Waals surface area contributed by atoms with E-state index in [0.29, 0.717) is 12.6 Å². The van der Waals surface area contributed by atoms with E-state index in [2.05, 4.69) is 72.3 Å². The molecule has 0 aliphatic rings. The highest BCUT2D eigenvalue weighted by atomic mass is 15.0. The van der Waals surface area contributed by atoms with E-state index in [1.54, 1.807) is 0 Å². The predicted octanol–water partition coefficient (Wildman–Crippen LogP) is 4.10. The van der Waals surface area contributed by atoms with Crippen molar-refractivity contribution in [3.8, 4) is 0 Å². The number of nitrogens with zero attached hydrogens (tertiary/aromatic N) is 1. The SMILES string of the molecule is CCC(c1ccc(CN)cc1)n1ccc2ccccc21. The highest BCUT2D eigenvalue weighted by molar-refractivity contribution is 5.80. The van der Waals surface area contributed by atoms with E-state index in [1.807, 2.05) is 0 Å². The van der Waals surface area contributed by atoms with Gasteiger partial charge in [0, 0.05) is 18.3 Å². The van der Waals surface area contributed by atoms with Crippen LogP contribution in [0.2, 0.25) is 0 Å². The Morgan fingerprint density at radius 3 is 2.45 bits per heavy atom. The van der Waals surface area contributed by atoms with Crippen LogP contribution in [-0.4, -0.2) is 4.57 Å². The monoisotopic (exact) mass is 264 g/mol. The largest absolute Gasteiger partial charge is 0.340 e. The van der Waals surface area contributed by atoms with Gasteiger partial charge in [-0.05, 0) is 35.1 Å². The first kappa shape index (κ1) is 12.9. The maximum Gasteiger partial charge on any atom is 0.0583 e. The lowest BCUT2D eigenvalue weighted by Gasteiger charge is -2.19. The van der Waals surface area contributed by atoms with Crippen molar-refractivity contribution in [1.82, 2.24) is 4.57 Å². The number of fused-ring (bicyclic) bond motifs is 1. The first-order valence-corrected chi connectivity index (χ1v) is 7.18. The molecule has 3 aromatic rings. The average Bonchev–Trinajstić information content (AvgIpc) is 2.93. The average molecular weight is 264 g/mol. The van der Waals surface area contributed by atoms with Gasteiger partial charge in [0.25, 0.3) is 0 Å². The molecule has 0 saturated carbocycles. The summed E-state index contributed by atoms with van der Waals surface area (Å²) in [6, 6.07) is 19.8. The lowest BCUT2D eigenvalue weighted by molar-refractivity contribution is 0.585. The third kappa shape index (κ3) is 2.23. The topological polar surface area (TPSA) is 30.9 Å². The van der Waals surface area contributed by atoms with Crippen molar-refractivity contribution in [2.24, 2.45) is 5.73 Å². The van der Waals surface area contributed by atoms with E-state index < -0.39 is 0 Å². The van der Waals surface area contributed by atoms with Crippen LogP contribution in [0.25, 0.3) is 10.9 Å². The van der Waals surface area contributed by atoms with Crippen LogP contribution in [0.15, 0.2) is 60.8 Å². The van der Waals surface area contributed by atoms with Crippen molar-refractivity contribution in [3.63, 3.8) is 0 Å². The molecule has 0 amide bonds. The quantitative estimate of drug-likeness (QED) is 0.755. The molecule has 2 aromatic carbocycles. The Labute approximate surface area is 119 Å². The van der Waals surface area contributed by atoms with Gasteiger partial charge in [0.15, 0.2) is 0 Å². The maximum atomic E-state index is 5.67. The summed E-state index contributed by atoms with van der Waals surface area (Å²) in [5.74, 6) is 0. The molecule has 0 aliphatic carbocycles. The lowest BCUT2D eigenvalue weighted by atomic mass is 10.0. The number of nitrogens with two attached hydrogens (primary N) is 1. The summed E-state index contributed by atoms with van der Waals surface area (Å²) in [5, 5.41) is 1.30. The van der Waals surface area contributed by atoms with Crippen LogP contribution in [0, 0.1) is 0 Å². The Morgan fingerprint density at radius 1 is 1.00 bits per heavy atom. The summed E-state index contributed by atoms with van der Waals surface area (Å²) in [4.78, 5) is 0. The van der Waals surface area contributed by atoms with Crippen molar-refractivity contribution < 1.29 is 0 Å². The van der Waals surface area contributed by atoms with Crippen LogP contribution in [0.1, 0.15) is 30.5 Å². The fourth-order valence-corrected chi connectivity index (χ4v) is 2.85. The summed E-state index contributed by atoms with van der Waals surface area (Å²) < 4.78 is 2.37. The first-order chi connectivity index (χ1) is 9.83. The van der Waals surface area contributed by atoms with Crippen molar-refractivity contribution in [3.05, 3.63) is 71.9 Å². The molecular weight excluding hydrogens is 244 g/mol. The predicted molar refractivity (Wildman–Crippen MR) is 84.7 cm³/mol. The summed E-state index contributed by atoms with van der Waals surface area (Å²) in [7, 11) is 0. The molecule has 0 saturated heterocycles. The molecule has 102 valence electrons. The molecule has 2 heteroatoms. The second kappa shape index (κ2) is 5.51. The van der Waals surface area contributed by atoms with Gasteiger partial charge >= 0.3 is 0 Å². The van der Waals surface area contributed by atoms with Gasteiger partial charge in [-0.15, -0.1) is 0 Å². The normalized spacial score (nSPS) is 12.7. The fraction of sp³-hybridized carbons (Fsp3) is 0.222. The number of para-hydroxylation sites is 1. The van der Waals surface area contributed by atoms with Crippen molar-refractivity contribution in [1.29, 1.82) is 0 Å². The van der Waals surface area contributed by atoms with Crippen LogP contribution in [0.3, 0.4) is 0 Å². The number of benzene rings is 2. The molecule has 20 heavy (non-hydrogen) atoms. The van der Waals surface area contributed by atoms with Gasteiger partial charge in [-0.1, -0.05) is 49.4 Å². The molecule has 0 radical (unpaired) electrons. The van der Waals surface area contributed by atoms with Crippen LogP contribution in [0.4, 0.5) is 0 Å². The molecular formula is C18H20N2. The van der Waals surface area contributed by atoms with E-state index >= 15 is 0 Å². The third-order valence-electron chi connectivity index (χ3n) is 3.95. The molecule has 1 heterocycles. The number of aromatic nitrogens is 1. The van der Waals surface area contributed by atoms with E-state index in [0.717, 1.165) is 6.42 Å². The van der Waals surface area contributed by atoms with Crippen molar-refractivity contribution in [2.75, 3.05) is 0 Å². The zero-order valence-corrected chi connectivity index (χ0v) is 11.8. The molecule has 0 bridgehead atoms. The Balaban J connectivity index is 2.04. The first-order valence-electron chi connectivity index (χ1n) is 7.18. The van der Waals surface area contributed by atoms with Crippen molar-refractivity contribution >= 4 is 10.9 Å². The van der Waals surface area contributed by atoms with E-state index in [9.17, 15) is 0 Å². The molecule has 2 N–H and O–H groups in total. The van der Waals surface area contributed by atoms with E-state index in [-0.39, 0.29) is 0 Å². The van der Waals surface area contributed by atoms with Crippen molar-refractivity contribution in [2.45, 2.75) is 25.9 Å². The second-order valence-electron chi connectivity index (χ2n) is 5.15. The van der Waals surface area contributed by atoms with Crippen LogP contribution >= 0.6 is 0 Å². The Morgan fingerprint density at radius 2 is 1.75 bits per heavy atom. The summed E-state index contributed by atoms with van der Waals surface area (Å²) in [5.41, 5.74) is 9.49. The fourth-order valence-electron chi connectivity index (χ4n) is 2.85. The van der Waals surface area contributed by atoms with Gasteiger partial charge < -0.3 is 10.3 Å². The van der Waals surface area contributed by atoms with Gasteiger partial charge in [-0.2, -0.15) is 0 Å². The molecule has 0 aliphatic heterocycles. The zero-order valence-electron chi connectivity index (χ0n) is 11.8. The molecule has 0 fully saturated rings. The minimum Gasteiger partial charge on any atom is -0.340 e. The minimum atomic E-state index is 0.377. The molecule has 0 spiro atoms. The number of rotatable bonds is 4. The van der Waals surface area contributed by atoms with E-state index in [4.69, 9.17) is 5.73 Å². The smallest absolute Gasteiger partial charge is 0.0583 e. The highest BCUT2D eigenvalue weighted by Gasteiger charge is 2.13. The second-order valence-corrected chi connectivity index (χ2v) is 5.15. The van der Waals surface area contributed by atoms with Crippen LogP contribution in [0.5, 0.6) is 0 Å². The standard InChI is InChI=1S/C18H20N2/c1-2-17(16-9-7-14(13-19)8-10-16)20-12-11-15-5-3-4-6-18(15)20/h3-12,17H,2,13,19H2,1H3. The minimum absolute atomic E-state index is 0.377. The Bertz CT molecular complexity index is 695. The Kier molecular flexibility index (Phi) is 3.57. The third-order valence-corrected chi connectivity index (χ3v) is 3.95. The molecule has 1 aromatic heterocycles. The Hall–Kier alpha value is -2.06. The summed E-state index contributed by atoms with van der Waals surface area (Å²) >= 11 is 0. The molecule has 1 unspecified atom stereocenters. The highest BCUT2D eigenvalue weighted by Crippen LogP contribution is 2.27. The van der Waals surface area contributed by atoms with Gasteiger partial charge in [-0.3, -0.25) is 0 Å².